The second kappa shape index (κ2) is 6.63. The van der Waals surface area contributed by atoms with Gasteiger partial charge in [-0.15, -0.1) is 0 Å². The molecule has 0 atom stereocenters. The molecule has 3 nitrogen and oxygen atoms in total. The highest BCUT2D eigenvalue weighted by Gasteiger charge is 2.21. The number of rotatable bonds is 3. The highest BCUT2D eigenvalue weighted by atomic mass is 16.6. The molecule has 0 aliphatic carbocycles. The number of nitrogens with zero attached hydrogens (tertiary/aromatic N) is 1. The Labute approximate surface area is 137 Å². The van der Waals surface area contributed by atoms with Crippen molar-refractivity contribution in [3.8, 4) is 11.5 Å². The molecule has 1 saturated heterocycles. The van der Waals surface area contributed by atoms with Crippen LogP contribution in [0.4, 0.5) is 0 Å². The third-order valence-corrected chi connectivity index (χ3v) is 4.87. The lowest BCUT2D eigenvalue weighted by atomic mass is 9.89. The minimum atomic E-state index is 0.652. The van der Waals surface area contributed by atoms with Crippen LogP contribution in [0.2, 0.25) is 0 Å². The van der Waals surface area contributed by atoms with E-state index in [1.807, 2.05) is 6.07 Å². The van der Waals surface area contributed by atoms with Gasteiger partial charge in [0.05, 0.1) is 0 Å². The summed E-state index contributed by atoms with van der Waals surface area (Å²) in [5.74, 6) is 2.49. The van der Waals surface area contributed by atoms with Crippen LogP contribution in [-0.4, -0.2) is 31.2 Å². The van der Waals surface area contributed by atoms with Crippen LogP contribution in [0.15, 0.2) is 48.5 Å². The third kappa shape index (κ3) is 3.35. The number of benzene rings is 2. The monoisotopic (exact) mass is 309 g/mol. The van der Waals surface area contributed by atoms with Crippen molar-refractivity contribution in [2.45, 2.75) is 25.3 Å². The lowest BCUT2D eigenvalue weighted by Crippen LogP contribution is -2.32. The third-order valence-electron chi connectivity index (χ3n) is 4.87. The fraction of sp³-hybridized carbons (Fsp3) is 0.400. The summed E-state index contributed by atoms with van der Waals surface area (Å²) in [6, 6.07) is 17.3. The summed E-state index contributed by atoms with van der Waals surface area (Å²) in [7, 11) is 0. The number of likely N-dealkylation sites (tertiary alicyclic amines) is 1. The SMILES string of the molecule is c1ccc(C2CCN(Cc3ccc4c(c3)OCCO4)CC2)cc1. The second-order valence-electron chi connectivity index (χ2n) is 6.44. The number of hydrogen-bond acceptors (Lipinski definition) is 3. The standard InChI is InChI=1S/C20H23NO2/c1-2-4-17(5-3-1)18-8-10-21(11-9-18)15-16-6-7-19-20(14-16)23-13-12-22-19/h1-7,14,18H,8-13,15H2. The average molecular weight is 309 g/mol. The van der Waals surface area contributed by atoms with E-state index in [4.69, 9.17) is 9.47 Å². The van der Waals surface area contributed by atoms with Crippen molar-refractivity contribution in [3.63, 3.8) is 0 Å². The van der Waals surface area contributed by atoms with Crippen LogP contribution < -0.4 is 9.47 Å². The molecule has 0 unspecified atom stereocenters. The molecule has 0 spiro atoms. The Kier molecular flexibility index (Phi) is 4.20. The first-order chi connectivity index (χ1) is 11.4. The Balaban J connectivity index is 1.36. The maximum atomic E-state index is 5.68. The first-order valence-corrected chi connectivity index (χ1v) is 8.54. The van der Waals surface area contributed by atoms with E-state index in [9.17, 15) is 0 Å². The van der Waals surface area contributed by atoms with Crippen LogP contribution in [0.1, 0.15) is 29.9 Å². The Hall–Kier alpha value is -2.00. The van der Waals surface area contributed by atoms with Gasteiger partial charge in [0.25, 0.3) is 0 Å². The quantitative estimate of drug-likeness (QED) is 0.860. The predicted molar refractivity (Wildman–Crippen MR) is 91.1 cm³/mol. The van der Waals surface area contributed by atoms with Gasteiger partial charge < -0.3 is 9.47 Å². The van der Waals surface area contributed by atoms with Gasteiger partial charge in [0.1, 0.15) is 13.2 Å². The second-order valence-corrected chi connectivity index (χ2v) is 6.44. The van der Waals surface area contributed by atoms with E-state index in [-0.39, 0.29) is 0 Å². The minimum absolute atomic E-state index is 0.652. The van der Waals surface area contributed by atoms with Gasteiger partial charge in [-0.2, -0.15) is 0 Å². The summed E-state index contributed by atoms with van der Waals surface area (Å²) < 4.78 is 11.3. The summed E-state index contributed by atoms with van der Waals surface area (Å²) in [5.41, 5.74) is 2.80. The molecule has 2 aromatic carbocycles. The van der Waals surface area contributed by atoms with E-state index in [1.54, 1.807) is 0 Å². The molecule has 2 aliphatic rings. The molecule has 23 heavy (non-hydrogen) atoms. The molecule has 120 valence electrons. The van der Waals surface area contributed by atoms with E-state index in [1.165, 1.54) is 24.0 Å². The molecule has 0 saturated carbocycles. The molecule has 0 N–H and O–H groups in total. The molecule has 0 amide bonds. The van der Waals surface area contributed by atoms with Crippen LogP contribution in [0.5, 0.6) is 11.5 Å². The van der Waals surface area contributed by atoms with Gasteiger partial charge in [0.15, 0.2) is 11.5 Å². The van der Waals surface area contributed by atoms with Gasteiger partial charge in [-0.3, -0.25) is 4.90 Å². The van der Waals surface area contributed by atoms with Crippen molar-refractivity contribution in [1.29, 1.82) is 0 Å². The van der Waals surface area contributed by atoms with Gasteiger partial charge >= 0.3 is 0 Å². The van der Waals surface area contributed by atoms with E-state index < -0.39 is 0 Å². The smallest absolute Gasteiger partial charge is 0.161 e. The molecule has 2 heterocycles. The van der Waals surface area contributed by atoms with E-state index >= 15 is 0 Å². The Morgan fingerprint density at radius 2 is 1.61 bits per heavy atom. The molecule has 1 fully saturated rings. The van der Waals surface area contributed by atoms with Gasteiger partial charge in [0.2, 0.25) is 0 Å². The molecular weight excluding hydrogens is 286 g/mol. The van der Waals surface area contributed by atoms with E-state index in [2.05, 4.69) is 47.4 Å². The van der Waals surface area contributed by atoms with Gasteiger partial charge in [-0.25, -0.2) is 0 Å². The number of fused-ring (bicyclic) bond motifs is 1. The van der Waals surface area contributed by atoms with Crippen molar-refractivity contribution < 1.29 is 9.47 Å². The molecule has 2 aromatic rings. The predicted octanol–water partition coefficient (Wildman–Crippen LogP) is 3.84. The molecule has 3 heteroatoms. The van der Waals surface area contributed by atoms with Gasteiger partial charge in [-0.05, 0) is 55.1 Å². The number of hydrogen-bond donors (Lipinski definition) is 0. The summed E-state index contributed by atoms with van der Waals surface area (Å²) in [4.78, 5) is 2.55. The normalized spacial score (nSPS) is 18.8. The van der Waals surface area contributed by atoms with Gasteiger partial charge in [-0.1, -0.05) is 36.4 Å². The Morgan fingerprint density at radius 3 is 2.39 bits per heavy atom. The molecule has 0 bridgehead atoms. The van der Waals surface area contributed by atoms with Crippen LogP contribution in [-0.2, 0) is 6.54 Å². The number of ether oxygens (including phenoxy) is 2. The van der Waals surface area contributed by atoms with Crippen molar-refractivity contribution in [2.75, 3.05) is 26.3 Å². The van der Waals surface area contributed by atoms with Crippen LogP contribution in [0.3, 0.4) is 0 Å². The topological polar surface area (TPSA) is 21.7 Å². The van der Waals surface area contributed by atoms with E-state index in [0.29, 0.717) is 19.1 Å². The Bertz CT molecular complexity index is 648. The summed E-state index contributed by atoms with van der Waals surface area (Å²) >= 11 is 0. The van der Waals surface area contributed by atoms with Crippen molar-refractivity contribution in [2.24, 2.45) is 0 Å². The average Bonchev–Trinajstić information content (AvgIpc) is 2.63. The first kappa shape index (κ1) is 14.6. The largest absolute Gasteiger partial charge is 0.486 e. The van der Waals surface area contributed by atoms with Crippen LogP contribution >= 0.6 is 0 Å². The Morgan fingerprint density at radius 1 is 0.870 bits per heavy atom. The van der Waals surface area contributed by atoms with E-state index in [0.717, 1.165) is 31.1 Å². The maximum Gasteiger partial charge on any atom is 0.161 e. The van der Waals surface area contributed by atoms with Crippen LogP contribution in [0, 0.1) is 0 Å². The van der Waals surface area contributed by atoms with Gasteiger partial charge in [0, 0.05) is 6.54 Å². The molecule has 4 rings (SSSR count). The molecule has 2 aliphatic heterocycles. The highest BCUT2D eigenvalue weighted by Crippen LogP contribution is 2.32. The zero-order valence-electron chi connectivity index (χ0n) is 13.4. The van der Waals surface area contributed by atoms with Crippen molar-refractivity contribution in [3.05, 3.63) is 59.7 Å². The maximum absolute atomic E-state index is 5.68. The first-order valence-electron chi connectivity index (χ1n) is 8.54. The number of piperidine rings is 1. The summed E-state index contributed by atoms with van der Waals surface area (Å²) in [6.45, 7) is 4.62. The molecular formula is C20H23NO2. The van der Waals surface area contributed by atoms with Crippen molar-refractivity contribution in [1.82, 2.24) is 4.90 Å². The fourth-order valence-electron chi connectivity index (χ4n) is 3.59. The highest BCUT2D eigenvalue weighted by molar-refractivity contribution is 5.43. The summed E-state index contributed by atoms with van der Waals surface area (Å²) in [5, 5.41) is 0. The van der Waals surface area contributed by atoms with Crippen LogP contribution in [0.25, 0.3) is 0 Å². The summed E-state index contributed by atoms with van der Waals surface area (Å²) in [6.07, 6.45) is 2.49. The minimum Gasteiger partial charge on any atom is -0.486 e. The lowest BCUT2D eigenvalue weighted by molar-refractivity contribution is 0.170. The van der Waals surface area contributed by atoms with Crippen molar-refractivity contribution >= 4 is 0 Å². The molecule has 0 radical (unpaired) electrons. The molecule has 0 aromatic heterocycles. The zero-order chi connectivity index (χ0) is 15.5. The zero-order valence-corrected chi connectivity index (χ0v) is 13.4. The lowest BCUT2D eigenvalue weighted by Gasteiger charge is -2.32. The fourth-order valence-corrected chi connectivity index (χ4v) is 3.59.